The molecular weight excluding hydrogens is 370 g/mol. The van der Waals surface area contributed by atoms with E-state index >= 15 is 0 Å². The van der Waals surface area contributed by atoms with Gasteiger partial charge in [0.15, 0.2) is 5.82 Å². The molecule has 0 aromatic carbocycles. The van der Waals surface area contributed by atoms with Gasteiger partial charge in [-0.15, -0.1) is 0 Å². The SMILES string of the molecule is Cc1cc(NC(=O)C2CCC(C(=O)N3CCN(c4ccccn4)CC3)CC2)no1. The van der Waals surface area contributed by atoms with Crippen molar-refractivity contribution in [1.82, 2.24) is 15.0 Å². The lowest BCUT2D eigenvalue weighted by Crippen LogP contribution is -2.51. The summed E-state index contributed by atoms with van der Waals surface area (Å²) >= 11 is 0. The number of aromatic nitrogens is 2. The summed E-state index contributed by atoms with van der Waals surface area (Å²) in [5.74, 6) is 2.24. The molecule has 2 aliphatic rings. The molecule has 0 radical (unpaired) electrons. The molecule has 0 spiro atoms. The van der Waals surface area contributed by atoms with Crippen molar-refractivity contribution in [1.29, 1.82) is 0 Å². The highest BCUT2D eigenvalue weighted by Crippen LogP contribution is 2.31. The monoisotopic (exact) mass is 397 g/mol. The van der Waals surface area contributed by atoms with E-state index in [2.05, 4.69) is 20.4 Å². The summed E-state index contributed by atoms with van der Waals surface area (Å²) in [7, 11) is 0. The molecule has 154 valence electrons. The van der Waals surface area contributed by atoms with Gasteiger partial charge in [-0.2, -0.15) is 0 Å². The number of piperazine rings is 1. The molecule has 2 aromatic rings. The van der Waals surface area contributed by atoms with Gasteiger partial charge >= 0.3 is 0 Å². The van der Waals surface area contributed by atoms with Crippen molar-refractivity contribution in [2.24, 2.45) is 11.8 Å². The van der Waals surface area contributed by atoms with Gasteiger partial charge in [-0.05, 0) is 44.7 Å². The highest BCUT2D eigenvalue weighted by molar-refractivity contribution is 5.92. The smallest absolute Gasteiger partial charge is 0.228 e. The molecule has 2 amide bonds. The summed E-state index contributed by atoms with van der Waals surface area (Å²) in [5.41, 5.74) is 0. The van der Waals surface area contributed by atoms with Crippen molar-refractivity contribution in [3.05, 3.63) is 36.2 Å². The second-order valence-corrected chi connectivity index (χ2v) is 7.86. The molecule has 4 rings (SSSR count). The van der Waals surface area contributed by atoms with Gasteiger partial charge in [-0.1, -0.05) is 11.2 Å². The number of anilines is 2. The zero-order chi connectivity index (χ0) is 20.2. The largest absolute Gasteiger partial charge is 0.360 e. The normalized spacial score (nSPS) is 22.4. The van der Waals surface area contributed by atoms with E-state index in [9.17, 15) is 9.59 Å². The number of rotatable bonds is 4. The van der Waals surface area contributed by atoms with E-state index in [0.717, 1.165) is 57.7 Å². The maximum Gasteiger partial charge on any atom is 0.228 e. The van der Waals surface area contributed by atoms with Crippen LogP contribution in [0, 0.1) is 18.8 Å². The van der Waals surface area contributed by atoms with Gasteiger partial charge < -0.3 is 19.6 Å². The van der Waals surface area contributed by atoms with Crippen LogP contribution in [0.25, 0.3) is 0 Å². The average molecular weight is 397 g/mol. The Morgan fingerprint density at radius 3 is 2.41 bits per heavy atom. The topological polar surface area (TPSA) is 91.6 Å². The molecule has 1 saturated carbocycles. The fourth-order valence-corrected chi connectivity index (χ4v) is 4.21. The van der Waals surface area contributed by atoms with Crippen molar-refractivity contribution in [2.45, 2.75) is 32.6 Å². The summed E-state index contributed by atoms with van der Waals surface area (Å²) in [6.45, 7) is 4.84. The second-order valence-electron chi connectivity index (χ2n) is 7.86. The van der Waals surface area contributed by atoms with E-state index in [1.54, 1.807) is 19.2 Å². The molecule has 2 fully saturated rings. The summed E-state index contributed by atoms with van der Waals surface area (Å²) in [4.78, 5) is 33.9. The first-order valence-electron chi connectivity index (χ1n) is 10.3. The molecule has 0 bridgehead atoms. The Kier molecular flexibility index (Phi) is 5.78. The van der Waals surface area contributed by atoms with Gasteiger partial charge in [0, 0.05) is 50.3 Å². The van der Waals surface area contributed by atoms with E-state index in [4.69, 9.17) is 4.52 Å². The molecular formula is C21H27N5O3. The van der Waals surface area contributed by atoms with Crippen LogP contribution in [0.4, 0.5) is 11.6 Å². The summed E-state index contributed by atoms with van der Waals surface area (Å²) < 4.78 is 4.98. The summed E-state index contributed by atoms with van der Waals surface area (Å²) in [6, 6.07) is 7.60. The second kappa shape index (κ2) is 8.63. The molecule has 0 unspecified atom stereocenters. The van der Waals surface area contributed by atoms with Crippen LogP contribution in [0.3, 0.4) is 0 Å². The fourth-order valence-electron chi connectivity index (χ4n) is 4.21. The van der Waals surface area contributed by atoms with Crippen LogP contribution in [0.5, 0.6) is 0 Å². The Bertz CT molecular complexity index is 837. The molecule has 1 aliphatic heterocycles. The van der Waals surface area contributed by atoms with E-state index in [0.29, 0.717) is 11.6 Å². The first kappa shape index (κ1) is 19.4. The minimum atomic E-state index is -0.0722. The maximum absolute atomic E-state index is 12.9. The van der Waals surface area contributed by atoms with Crippen LogP contribution in [0.1, 0.15) is 31.4 Å². The Morgan fingerprint density at radius 1 is 1.07 bits per heavy atom. The highest BCUT2D eigenvalue weighted by Gasteiger charge is 2.33. The van der Waals surface area contributed by atoms with Gasteiger partial charge in [0.25, 0.3) is 0 Å². The molecule has 3 heterocycles. The van der Waals surface area contributed by atoms with E-state index in [1.807, 2.05) is 23.1 Å². The minimum Gasteiger partial charge on any atom is -0.360 e. The van der Waals surface area contributed by atoms with Gasteiger partial charge in [-0.3, -0.25) is 9.59 Å². The average Bonchev–Trinajstić information content (AvgIpc) is 3.18. The van der Waals surface area contributed by atoms with Crippen LogP contribution >= 0.6 is 0 Å². The van der Waals surface area contributed by atoms with Gasteiger partial charge in [0.2, 0.25) is 11.8 Å². The predicted octanol–water partition coefficient (Wildman–Crippen LogP) is 2.47. The van der Waals surface area contributed by atoms with Crippen LogP contribution in [0.2, 0.25) is 0 Å². The quantitative estimate of drug-likeness (QED) is 0.852. The molecule has 2 aromatic heterocycles. The number of nitrogens with one attached hydrogen (secondary N) is 1. The lowest BCUT2D eigenvalue weighted by atomic mass is 9.81. The van der Waals surface area contributed by atoms with Gasteiger partial charge in [-0.25, -0.2) is 4.98 Å². The first-order chi connectivity index (χ1) is 14.1. The van der Waals surface area contributed by atoms with Crippen molar-refractivity contribution in [2.75, 3.05) is 36.4 Å². The van der Waals surface area contributed by atoms with E-state index in [1.165, 1.54) is 0 Å². The molecule has 1 N–H and O–H groups in total. The van der Waals surface area contributed by atoms with Crippen molar-refractivity contribution in [3.63, 3.8) is 0 Å². The summed E-state index contributed by atoms with van der Waals surface area (Å²) in [6.07, 6.45) is 4.77. The Hall–Kier alpha value is -2.90. The third kappa shape index (κ3) is 4.58. The number of hydrogen-bond acceptors (Lipinski definition) is 6. The van der Waals surface area contributed by atoms with Crippen LogP contribution < -0.4 is 10.2 Å². The minimum absolute atomic E-state index is 0.0229. The first-order valence-corrected chi connectivity index (χ1v) is 10.3. The number of carbonyl (C=O) groups is 2. The lowest BCUT2D eigenvalue weighted by molar-refractivity contribution is -0.138. The van der Waals surface area contributed by atoms with Gasteiger partial charge in [0.1, 0.15) is 11.6 Å². The number of aryl methyl sites for hydroxylation is 1. The van der Waals surface area contributed by atoms with E-state index in [-0.39, 0.29) is 23.7 Å². The molecule has 29 heavy (non-hydrogen) atoms. The Balaban J connectivity index is 1.23. The zero-order valence-electron chi connectivity index (χ0n) is 16.7. The van der Waals surface area contributed by atoms with Crippen molar-refractivity contribution >= 4 is 23.5 Å². The third-order valence-corrected chi connectivity index (χ3v) is 5.89. The molecule has 0 atom stereocenters. The third-order valence-electron chi connectivity index (χ3n) is 5.89. The predicted molar refractivity (Wildman–Crippen MR) is 108 cm³/mol. The summed E-state index contributed by atoms with van der Waals surface area (Å²) in [5, 5.41) is 6.62. The van der Waals surface area contributed by atoms with Crippen LogP contribution in [0.15, 0.2) is 35.0 Å². The highest BCUT2D eigenvalue weighted by atomic mass is 16.5. The Morgan fingerprint density at radius 2 is 1.79 bits per heavy atom. The van der Waals surface area contributed by atoms with Crippen molar-refractivity contribution in [3.8, 4) is 0 Å². The maximum atomic E-state index is 12.9. The molecule has 8 heteroatoms. The van der Waals surface area contributed by atoms with Crippen molar-refractivity contribution < 1.29 is 14.1 Å². The van der Waals surface area contributed by atoms with Crippen LogP contribution in [-0.4, -0.2) is 53.0 Å². The number of hydrogen-bond donors (Lipinski definition) is 1. The lowest BCUT2D eigenvalue weighted by Gasteiger charge is -2.38. The Labute approximate surface area is 170 Å². The van der Waals surface area contributed by atoms with E-state index < -0.39 is 0 Å². The number of carbonyl (C=O) groups excluding carboxylic acids is 2. The fraction of sp³-hybridized carbons (Fsp3) is 0.524. The number of nitrogens with zero attached hydrogens (tertiary/aromatic N) is 4. The number of amides is 2. The molecule has 1 saturated heterocycles. The van der Waals surface area contributed by atoms with Crippen LogP contribution in [-0.2, 0) is 9.59 Å². The standard InChI is InChI=1S/C21H27N5O3/c1-15-14-18(24-29-15)23-20(27)16-5-7-17(8-6-16)21(28)26-12-10-25(11-13-26)19-4-2-3-9-22-19/h2-4,9,14,16-17H,5-8,10-13H2,1H3,(H,23,24,27). The number of pyridine rings is 1. The zero-order valence-corrected chi connectivity index (χ0v) is 16.7. The molecule has 1 aliphatic carbocycles. The van der Waals surface area contributed by atoms with Gasteiger partial charge in [0.05, 0.1) is 0 Å². The molecule has 8 nitrogen and oxygen atoms in total.